The number of aryl methyl sites for hydroxylation is 1. The highest BCUT2D eigenvalue weighted by Crippen LogP contribution is 2.15. The number of ether oxygens (including phenoxy) is 2. The Balaban J connectivity index is 1.31. The van der Waals surface area contributed by atoms with E-state index in [1.165, 1.54) is 5.56 Å². The third-order valence-corrected chi connectivity index (χ3v) is 4.66. The van der Waals surface area contributed by atoms with E-state index in [-0.39, 0.29) is 12.1 Å². The van der Waals surface area contributed by atoms with Crippen molar-refractivity contribution in [1.29, 1.82) is 0 Å². The Kier molecular flexibility index (Phi) is 7.54. The van der Waals surface area contributed by atoms with Gasteiger partial charge in [0.05, 0.1) is 0 Å². The van der Waals surface area contributed by atoms with Crippen LogP contribution in [0.25, 0.3) is 0 Å². The summed E-state index contributed by atoms with van der Waals surface area (Å²) in [5.74, 6) is 0.872. The second-order valence-electron chi connectivity index (χ2n) is 6.81. The number of rotatable bonds is 8. The summed E-state index contributed by atoms with van der Waals surface area (Å²) in [5.41, 5.74) is 2.40. The molecular weight excluding hydrogens is 340 g/mol. The van der Waals surface area contributed by atoms with Gasteiger partial charge in [0.1, 0.15) is 12.4 Å². The maximum Gasteiger partial charge on any atom is 0.315 e. The van der Waals surface area contributed by atoms with E-state index in [9.17, 15) is 4.79 Å². The van der Waals surface area contributed by atoms with Crippen LogP contribution in [0.1, 0.15) is 30.4 Å². The monoisotopic (exact) mass is 368 g/mol. The van der Waals surface area contributed by atoms with Gasteiger partial charge >= 0.3 is 6.03 Å². The molecule has 5 heteroatoms. The summed E-state index contributed by atoms with van der Waals surface area (Å²) in [6, 6.07) is 18.5. The molecule has 0 atom stereocenters. The summed E-state index contributed by atoms with van der Waals surface area (Å²) in [4.78, 5) is 11.9. The highest BCUT2D eigenvalue weighted by molar-refractivity contribution is 5.74. The Hall–Kier alpha value is -2.53. The first-order chi connectivity index (χ1) is 13.3. The van der Waals surface area contributed by atoms with Crippen molar-refractivity contribution in [3.8, 4) is 5.75 Å². The molecular formula is C22H28N2O3. The summed E-state index contributed by atoms with van der Waals surface area (Å²) in [7, 11) is 0. The van der Waals surface area contributed by atoms with Gasteiger partial charge in [-0.2, -0.15) is 0 Å². The molecule has 2 amide bonds. The number of carbonyl (C=O) groups is 1. The van der Waals surface area contributed by atoms with Gasteiger partial charge in [0.25, 0.3) is 0 Å². The fourth-order valence-corrected chi connectivity index (χ4v) is 3.07. The van der Waals surface area contributed by atoms with Crippen LogP contribution < -0.4 is 15.4 Å². The average Bonchev–Trinajstić information content (AvgIpc) is 2.72. The van der Waals surface area contributed by atoms with E-state index >= 15 is 0 Å². The normalized spacial score (nSPS) is 14.5. The second-order valence-corrected chi connectivity index (χ2v) is 6.81. The van der Waals surface area contributed by atoms with Crippen LogP contribution in [0, 0.1) is 0 Å². The molecule has 0 saturated carbocycles. The fourth-order valence-electron chi connectivity index (χ4n) is 3.07. The number of benzene rings is 2. The van der Waals surface area contributed by atoms with Crippen LogP contribution in [0.3, 0.4) is 0 Å². The second kappa shape index (κ2) is 10.6. The number of urea groups is 1. The zero-order valence-electron chi connectivity index (χ0n) is 15.7. The maximum atomic E-state index is 11.9. The molecule has 2 aromatic carbocycles. The van der Waals surface area contributed by atoms with Crippen LogP contribution >= 0.6 is 0 Å². The van der Waals surface area contributed by atoms with E-state index in [4.69, 9.17) is 9.47 Å². The first-order valence-electron chi connectivity index (χ1n) is 9.67. The van der Waals surface area contributed by atoms with Crippen molar-refractivity contribution < 1.29 is 14.3 Å². The van der Waals surface area contributed by atoms with Gasteiger partial charge in [-0.05, 0) is 48.9 Å². The Morgan fingerprint density at radius 3 is 2.48 bits per heavy atom. The van der Waals surface area contributed by atoms with Crippen molar-refractivity contribution in [3.63, 3.8) is 0 Å². The SMILES string of the molecule is O=C(NCCCc1ccc(OCc2ccccc2)cc1)NC1CCOCC1. The summed E-state index contributed by atoms with van der Waals surface area (Å²) >= 11 is 0. The van der Waals surface area contributed by atoms with Crippen LogP contribution in [0.5, 0.6) is 5.75 Å². The molecule has 5 nitrogen and oxygen atoms in total. The summed E-state index contributed by atoms with van der Waals surface area (Å²) in [5, 5.41) is 5.94. The van der Waals surface area contributed by atoms with Gasteiger partial charge in [-0.15, -0.1) is 0 Å². The molecule has 1 saturated heterocycles. The van der Waals surface area contributed by atoms with Crippen LogP contribution in [-0.2, 0) is 17.8 Å². The van der Waals surface area contributed by atoms with Gasteiger partial charge in [-0.1, -0.05) is 42.5 Å². The number of hydrogen-bond acceptors (Lipinski definition) is 3. The molecule has 1 heterocycles. The molecule has 2 N–H and O–H groups in total. The highest BCUT2D eigenvalue weighted by Gasteiger charge is 2.15. The van der Waals surface area contributed by atoms with Crippen molar-refractivity contribution in [2.75, 3.05) is 19.8 Å². The van der Waals surface area contributed by atoms with Gasteiger partial charge in [-0.25, -0.2) is 4.79 Å². The van der Waals surface area contributed by atoms with E-state index in [0.717, 1.165) is 50.2 Å². The zero-order chi connectivity index (χ0) is 18.7. The highest BCUT2D eigenvalue weighted by atomic mass is 16.5. The average molecular weight is 368 g/mol. The van der Waals surface area contributed by atoms with E-state index < -0.39 is 0 Å². The molecule has 2 aromatic rings. The van der Waals surface area contributed by atoms with Gasteiger partial charge < -0.3 is 20.1 Å². The molecule has 1 aliphatic heterocycles. The molecule has 0 aromatic heterocycles. The van der Waals surface area contributed by atoms with Crippen molar-refractivity contribution in [1.82, 2.24) is 10.6 Å². The number of amides is 2. The van der Waals surface area contributed by atoms with Crippen LogP contribution in [0.2, 0.25) is 0 Å². The van der Waals surface area contributed by atoms with Crippen molar-refractivity contribution in [2.45, 2.75) is 38.3 Å². The van der Waals surface area contributed by atoms with Crippen molar-refractivity contribution in [2.24, 2.45) is 0 Å². The minimum absolute atomic E-state index is 0.0773. The van der Waals surface area contributed by atoms with E-state index in [1.807, 2.05) is 30.3 Å². The maximum absolute atomic E-state index is 11.9. The third-order valence-electron chi connectivity index (χ3n) is 4.66. The first-order valence-corrected chi connectivity index (χ1v) is 9.67. The zero-order valence-corrected chi connectivity index (χ0v) is 15.7. The number of carbonyl (C=O) groups excluding carboxylic acids is 1. The van der Waals surface area contributed by atoms with Gasteiger partial charge in [0, 0.05) is 25.8 Å². The van der Waals surface area contributed by atoms with Crippen LogP contribution in [-0.4, -0.2) is 31.8 Å². The van der Waals surface area contributed by atoms with E-state index in [1.54, 1.807) is 0 Å². The van der Waals surface area contributed by atoms with E-state index in [2.05, 4.69) is 34.9 Å². The van der Waals surface area contributed by atoms with Crippen molar-refractivity contribution in [3.05, 3.63) is 65.7 Å². The number of nitrogens with one attached hydrogen (secondary N) is 2. The predicted octanol–water partition coefficient (Wildman–Crippen LogP) is 3.68. The molecule has 0 spiro atoms. The Bertz CT molecular complexity index is 682. The Morgan fingerprint density at radius 1 is 1.00 bits per heavy atom. The lowest BCUT2D eigenvalue weighted by molar-refractivity contribution is 0.0801. The van der Waals surface area contributed by atoms with Crippen molar-refractivity contribution >= 4 is 6.03 Å². The predicted molar refractivity (Wildman–Crippen MR) is 106 cm³/mol. The van der Waals surface area contributed by atoms with Crippen LogP contribution in [0.4, 0.5) is 4.79 Å². The standard InChI is InChI=1S/C22H28N2O3/c25-22(24-20-12-15-26-16-13-20)23-14-4-7-18-8-10-21(11-9-18)27-17-19-5-2-1-3-6-19/h1-3,5-6,8-11,20H,4,7,12-17H2,(H2,23,24,25). The molecule has 0 bridgehead atoms. The minimum Gasteiger partial charge on any atom is -0.489 e. The van der Waals surface area contributed by atoms with E-state index in [0.29, 0.717) is 13.2 Å². The summed E-state index contributed by atoms with van der Waals surface area (Å²) in [6.07, 6.45) is 3.63. The summed E-state index contributed by atoms with van der Waals surface area (Å²) in [6.45, 7) is 2.71. The molecule has 1 fully saturated rings. The summed E-state index contributed by atoms with van der Waals surface area (Å²) < 4.78 is 11.1. The largest absolute Gasteiger partial charge is 0.489 e. The fraction of sp³-hybridized carbons (Fsp3) is 0.409. The molecule has 0 unspecified atom stereocenters. The lowest BCUT2D eigenvalue weighted by atomic mass is 10.1. The smallest absolute Gasteiger partial charge is 0.315 e. The minimum atomic E-state index is -0.0773. The molecule has 144 valence electrons. The van der Waals surface area contributed by atoms with Gasteiger partial charge in [0.2, 0.25) is 0 Å². The molecule has 3 rings (SSSR count). The van der Waals surface area contributed by atoms with Crippen LogP contribution in [0.15, 0.2) is 54.6 Å². The first kappa shape index (κ1) is 19.2. The lowest BCUT2D eigenvalue weighted by Crippen LogP contribution is -2.44. The molecule has 0 radical (unpaired) electrons. The number of hydrogen-bond donors (Lipinski definition) is 2. The quantitative estimate of drug-likeness (QED) is 0.699. The third kappa shape index (κ3) is 6.94. The molecule has 27 heavy (non-hydrogen) atoms. The molecule has 0 aliphatic carbocycles. The molecule has 1 aliphatic rings. The topological polar surface area (TPSA) is 59.6 Å². The Morgan fingerprint density at radius 2 is 1.74 bits per heavy atom. The van der Waals surface area contributed by atoms with Gasteiger partial charge in [-0.3, -0.25) is 0 Å². The lowest BCUT2D eigenvalue weighted by Gasteiger charge is -2.23. The van der Waals surface area contributed by atoms with Gasteiger partial charge in [0.15, 0.2) is 0 Å². The Labute approximate surface area is 161 Å².